The Labute approximate surface area is 110 Å². The van der Waals surface area contributed by atoms with Gasteiger partial charge in [-0.3, -0.25) is 4.79 Å². The van der Waals surface area contributed by atoms with Crippen LogP contribution in [-0.4, -0.2) is 42.1 Å². The third kappa shape index (κ3) is 2.86. The average molecular weight is 254 g/mol. The van der Waals surface area contributed by atoms with E-state index in [4.69, 9.17) is 10.5 Å². The minimum atomic E-state index is -0.618. The SMILES string of the molecule is CCC1CN(C(=O)C2(N)CCCC(C)C2)CCO1. The van der Waals surface area contributed by atoms with E-state index in [1.54, 1.807) is 0 Å². The average Bonchev–Trinajstić information content (AvgIpc) is 2.37. The van der Waals surface area contributed by atoms with Gasteiger partial charge in [0, 0.05) is 13.1 Å². The monoisotopic (exact) mass is 254 g/mol. The molecule has 4 nitrogen and oxygen atoms in total. The summed E-state index contributed by atoms with van der Waals surface area (Å²) in [5.74, 6) is 0.714. The number of carbonyl (C=O) groups is 1. The van der Waals surface area contributed by atoms with E-state index < -0.39 is 5.54 Å². The molecule has 0 spiro atoms. The third-order valence-corrected chi connectivity index (χ3v) is 4.34. The molecule has 1 aliphatic carbocycles. The highest BCUT2D eigenvalue weighted by Gasteiger charge is 2.41. The van der Waals surface area contributed by atoms with Crippen molar-refractivity contribution in [1.29, 1.82) is 0 Å². The number of hydrogen-bond acceptors (Lipinski definition) is 3. The molecule has 2 aliphatic rings. The number of morpholine rings is 1. The molecular formula is C14H26N2O2. The van der Waals surface area contributed by atoms with E-state index in [0.717, 1.165) is 25.7 Å². The quantitative estimate of drug-likeness (QED) is 0.813. The fraction of sp³-hybridized carbons (Fsp3) is 0.929. The highest BCUT2D eigenvalue weighted by molar-refractivity contribution is 5.86. The minimum absolute atomic E-state index is 0.149. The van der Waals surface area contributed by atoms with Crippen LogP contribution in [0.2, 0.25) is 0 Å². The number of carbonyl (C=O) groups excluding carboxylic acids is 1. The van der Waals surface area contributed by atoms with E-state index in [2.05, 4.69) is 13.8 Å². The van der Waals surface area contributed by atoms with Gasteiger partial charge in [0.2, 0.25) is 5.91 Å². The van der Waals surface area contributed by atoms with Crippen molar-refractivity contribution in [2.75, 3.05) is 19.7 Å². The van der Waals surface area contributed by atoms with Crippen LogP contribution in [0.25, 0.3) is 0 Å². The topological polar surface area (TPSA) is 55.6 Å². The van der Waals surface area contributed by atoms with Gasteiger partial charge in [0.05, 0.1) is 18.2 Å². The molecule has 4 heteroatoms. The Kier molecular flexibility index (Phi) is 4.28. The van der Waals surface area contributed by atoms with Crippen LogP contribution in [0, 0.1) is 5.92 Å². The Morgan fingerprint density at radius 3 is 3.00 bits per heavy atom. The van der Waals surface area contributed by atoms with E-state index in [1.807, 2.05) is 4.90 Å². The summed E-state index contributed by atoms with van der Waals surface area (Å²) in [6, 6.07) is 0. The first-order chi connectivity index (χ1) is 8.55. The molecule has 1 saturated heterocycles. The minimum Gasteiger partial charge on any atom is -0.375 e. The van der Waals surface area contributed by atoms with Crippen LogP contribution < -0.4 is 5.73 Å². The smallest absolute Gasteiger partial charge is 0.242 e. The van der Waals surface area contributed by atoms with Gasteiger partial charge in [-0.15, -0.1) is 0 Å². The van der Waals surface area contributed by atoms with Crippen LogP contribution >= 0.6 is 0 Å². The Balaban J connectivity index is 2.01. The molecule has 1 saturated carbocycles. The molecule has 0 aromatic carbocycles. The molecule has 1 heterocycles. The molecule has 0 aromatic rings. The zero-order valence-corrected chi connectivity index (χ0v) is 11.7. The van der Waals surface area contributed by atoms with Gasteiger partial charge in [-0.25, -0.2) is 0 Å². The number of amides is 1. The van der Waals surface area contributed by atoms with Gasteiger partial charge in [-0.05, 0) is 25.2 Å². The largest absolute Gasteiger partial charge is 0.375 e. The maximum Gasteiger partial charge on any atom is 0.242 e. The molecule has 18 heavy (non-hydrogen) atoms. The van der Waals surface area contributed by atoms with E-state index in [1.165, 1.54) is 6.42 Å². The summed E-state index contributed by atoms with van der Waals surface area (Å²) in [6.45, 7) is 6.35. The fourth-order valence-corrected chi connectivity index (χ4v) is 3.25. The second kappa shape index (κ2) is 5.57. The molecule has 0 bridgehead atoms. The highest BCUT2D eigenvalue weighted by Crippen LogP contribution is 2.32. The van der Waals surface area contributed by atoms with Gasteiger partial charge in [0.25, 0.3) is 0 Å². The lowest BCUT2D eigenvalue weighted by molar-refractivity contribution is -0.146. The first kappa shape index (κ1) is 13.8. The van der Waals surface area contributed by atoms with E-state index in [-0.39, 0.29) is 12.0 Å². The first-order valence-electron chi connectivity index (χ1n) is 7.25. The number of nitrogens with zero attached hydrogens (tertiary/aromatic N) is 1. The number of ether oxygens (including phenoxy) is 1. The molecule has 104 valence electrons. The zero-order chi connectivity index (χ0) is 13.2. The maximum absolute atomic E-state index is 12.6. The van der Waals surface area contributed by atoms with Crippen molar-refractivity contribution in [1.82, 2.24) is 4.90 Å². The second-order valence-corrected chi connectivity index (χ2v) is 6.01. The Bertz CT molecular complexity index is 308. The Morgan fingerprint density at radius 1 is 1.56 bits per heavy atom. The number of hydrogen-bond donors (Lipinski definition) is 1. The summed E-state index contributed by atoms with van der Waals surface area (Å²) in [6.07, 6.45) is 5.09. The lowest BCUT2D eigenvalue weighted by Gasteiger charge is -2.41. The predicted octanol–water partition coefficient (Wildman–Crippen LogP) is 1.53. The van der Waals surface area contributed by atoms with E-state index in [0.29, 0.717) is 25.6 Å². The second-order valence-electron chi connectivity index (χ2n) is 6.01. The van der Waals surface area contributed by atoms with Gasteiger partial charge in [-0.1, -0.05) is 26.7 Å². The Hall–Kier alpha value is -0.610. The van der Waals surface area contributed by atoms with Crippen molar-refractivity contribution in [3.63, 3.8) is 0 Å². The summed E-state index contributed by atoms with van der Waals surface area (Å²) in [7, 11) is 0. The molecule has 1 aliphatic heterocycles. The first-order valence-corrected chi connectivity index (χ1v) is 7.25. The number of nitrogens with two attached hydrogens (primary N) is 1. The summed E-state index contributed by atoms with van der Waals surface area (Å²) in [5, 5.41) is 0. The maximum atomic E-state index is 12.6. The molecule has 2 rings (SSSR count). The standard InChI is InChI=1S/C14H26N2O2/c1-3-12-10-16(7-8-18-12)13(17)14(15)6-4-5-11(2)9-14/h11-12H,3-10,15H2,1-2H3. The zero-order valence-electron chi connectivity index (χ0n) is 11.7. The van der Waals surface area contributed by atoms with Crippen LogP contribution in [0.3, 0.4) is 0 Å². The van der Waals surface area contributed by atoms with E-state index in [9.17, 15) is 4.79 Å². The van der Waals surface area contributed by atoms with Crippen molar-refractivity contribution in [3.8, 4) is 0 Å². The van der Waals surface area contributed by atoms with Crippen LogP contribution in [0.1, 0.15) is 46.0 Å². The van der Waals surface area contributed by atoms with Crippen LogP contribution in [0.5, 0.6) is 0 Å². The van der Waals surface area contributed by atoms with Gasteiger partial charge < -0.3 is 15.4 Å². The van der Waals surface area contributed by atoms with Crippen LogP contribution in [0.4, 0.5) is 0 Å². The van der Waals surface area contributed by atoms with Crippen molar-refractivity contribution >= 4 is 5.91 Å². The van der Waals surface area contributed by atoms with Gasteiger partial charge in [0.1, 0.15) is 0 Å². The van der Waals surface area contributed by atoms with Crippen molar-refractivity contribution in [2.24, 2.45) is 11.7 Å². The fourth-order valence-electron chi connectivity index (χ4n) is 3.25. The molecule has 2 N–H and O–H groups in total. The lowest BCUT2D eigenvalue weighted by Crippen LogP contribution is -2.60. The molecule has 1 amide bonds. The van der Waals surface area contributed by atoms with Gasteiger partial charge in [0.15, 0.2) is 0 Å². The summed E-state index contributed by atoms with van der Waals surface area (Å²) in [5.41, 5.74) is 5.76. The van der Waals surface area contributed by atoms with E-state index >= 15 is 0 Å². The van der Waals surface area contributed by atoms with Crippen molar-refractivity contribution < 1.29 is 9.53 Å². The van der Waals surface area contributed by atoms with Crippen molar-refractivity contribution in [2.45, 2.75) is 57.6 Å². The van der Waals surface area contributed by atoms with Crippen molar-refractivity contribution in [3.05, 3.63) is 0 Å². The highest BCUT2D eigenvalue weighted by atomic mass is 16.5. The van der Waals surface area contributed by atoms with Gasteiger partial charge in [-0.2, -0.15) is 0 Å². The molecule has 0 aromatic heterocycles. The summed E-state index contributed by atoms with van der Waals surface area (Å²) >= 11 is 0. The molecular weight excluding hydrogens is 228 g/mol. The summed E-state index contributed by atoms with van der Waals surface area (Å²) in [4.78, 5) is 14.6. The molecule has 3 atom stereocenters. The lowest BCUT2D eigenvalue weighted by atomic mass is 9.76. The normalized spacial score (nSPS) is 37.6. The number of rotatable bonds is 2. The molecule has 3 unspecified atom stereocenters. The predicted molar refractivity (Wildman–Crippen MR) is 71.2 cm³/mol. The van der Waals surface area contributed by atoms with Gasteiger partial charge >= 0.3 is 0 Å². The summed E-state index contributed by atoms with van der Waals surface area (Å²) < 4.78 is 5.61. The van der Waals surface area contributed by atoms with Crippen LogP contribution in [0.15, 0.2) is 0 Å². The Morgan fingerprint density at radius 2 is 2.33 bits per heavy atom. The third-order valence-electron chi connectivity index (χ3n) is 4.34. The molecule has 2 fully saturated rings. The molecule has 0 radical (unpaired) electrons. The van der Waals surface area contributed by atoms with Crippen LogP contribution in [-0.2, 0) is 9.53 Å².